The highest BCUT2D eigenvalue weighted by molar-refractivity contribution is 7.89. The molecule has 0 aliphatic carbocycles. The Kier molecular flexibility index (Phi) is 6.77. The highest BCUT2D eigenvalue weighted by atomic mass is 35.5. The van der Waals surface area contributed by atoms with Gasteiger partial charge >= 0.3 is 0 Å². The summed E-state index contributed by atoms with van der Waals surface area (Å²) in [5.74, 6) is 0. The van der Waals surface area contributed by atoms with Gasteiger partial charge in [0.2, 0.25) is 10.0 Å². The number of nitriles is 1. The van der Waals surface area contributed by atoms with Crippen molar-refractivity contribution in [2.75, 3.05) is 13.6 Å². The van der Waals surface area contributed by atoms with E-state index in [9.17, 15) is 8.42 Å². The first kappa shape index (κ1) is 18.2. The quantitative estimate of drug-likeness (QED) is 0.911. The lowest BCUT2D eigenvalue weighted by molar-refractivity contribution is 0.394. The fourth-order valence-electron chi connectivity index (χ4n) is 1.37. The fraction of sp³-hybridized carbons (Fsp3) is 0.364. The van der Waals surface area contributed by atoms with Crippen molar-refractivity contribution in [1.29, 1.82) is 5.26 Å². The highest BCUT2D eigenvalue weighted by Crippen LogP contribution is 2.25. The molecule has 1 unspecified atom stereocenters. The summed E-state index contributed by atoms with van der Waals surface area (Å²) in [6.45, 7) is 1.88. The van der Waals surface area contributed by atoms with E-state index < -0.39 is 10.0 Å². The Morgan fingerprint density at radius 2 is 2.11 bits per heavy atom. The number of sulfonamides is 1. The lowest BCUT2D eigenvalue weighted by Gasteiger charge is -2.23. The van der Waals surface area contributed by atoms with E-state index in [4.69, 9.17) is 22.6 Å². The first-order valence-electron chi connectivity index (χ1n) is 5.23. The molecule has 0 fully saturated rings. The van der Waals surface area contributed by atoms with E-state index >= 15 is 0 Å². The molecule has 0 bridgehead atoms. The summed E-state index contributed by atoms with van der Waals surface area (Å²) >= 11 is 5.82. The normalized spacial score (nSPS) is 12.6. The topological polar surface area (TPSA) is 87.2 Å². The summed E-state index contributed by atoms with van der Waals surface area (Å²) < 4.78 is 25.8. The third kappa shape index (κ3) is 3.59. The van der Waals surface area contributed by atoms with E-state index in [1.165, 1.54) is 25.2 Å². The third-order valence-corrected chi connectivity index (χ3v) is 5.04. The van der Waals surface area contributed by atoms with Gasteiger partial charge in [0.1, 0.15) is 11.0 Å². The molecule has 5 nitrogen and oxygen atoms in total. The van der Waals surface area contributed by atoms with Crippen LogP contribution in [-0.2, 0) is 10.0 Å². The molecule has 0 aromatic heterocycles. The monoisotopic (exact) mass is 323 g/mol. The second-order valence-electron chi connectivity index (χ2n) is 3.83. The maximum absolute atomic E-state index is 12.3. The van der Waals surface area contributed by atoms with Gasteiger partial charge in [-0.05, 0) is 19.1 Å². The number of nitrogens with zero attached hydrogens (tertiary/aromatic N) is 2. The molecule has 1 aromatic rings. The smallest absolute Gasteiger partial charge is 0.244 e. The van der Waals surface area contributed by atoms with Crippen LogP contribution in [0.4, 0.5) is 0 Å². The SMILES string of the molecule is CC(CN)N(C)S(=O)(=O)c1cccc(Cl)c1C#N.Cl. The van der Waals surface area contributed by atoms with Gasteiger partial charge in [-0.1, -0.05) is 17.7 Å². The molecule has 0 radical (unpaired) electrons. The minimum Gasteiger partial charge on any atom is -0.329 e. The van der Waals surface area contributed by atoms with Crippen molar-refractivity contribution in [3.63, 3.8) is 0 Å². The van der Waals surface area contributed by atoms with Gasteiger partial charge in [-0.2, -0.15) is 9.57 Å². The van der Waals surface area contributed by atoms with Crippen LogP contribution >= 0.6 is 24.0 Å². The summed E-state index contributed by atoms with van der Waals surface area (Å²) in [5.41, 5.74) is 5.40. The molecule has 1 atom stereocenters. The lowest BCUT2D eigenvalue weighted by Crippen LogP contribution is -2.39. The van der Waals surface area contributed by atoms with Gasteiger partial charge in [-0.3, -0.25) is 0 Å². The van der Waals surface area contributed by atoms with E-state index in [0.717, 1.165) is 4.31 Å². The molecular weight excluding hydrogens is 309 g/mol. The van der Waals surface area contributed by atoms with Gasteiger partial charge < -0.3 is 5.73 Å². The molecule has 1 rings (SSSR count). The number of hydrogen-bond donors (Lipinski definition) is 1. The molecule has 0 saturated heterocycles. The van der Waals surface area contributed by atoms with Gasteiger partial charge in [0.05, 0.1) is 10.6 Å². The van der Waals surface area contributed by atoms with Gasteiger partial charge in [0.15, 0.2) is 0 Å². The van der Waals surface area contributed by atoms with Crippen LogP contribution in [0.1, 0.15) is 12.5 Å². The number of benzene rings is 1. The lowest BCUT2D eigenvalue weighted by atomic mass is 10.2. The van der Waals surface area contributed by atoms with E-state index in [1.807, 2.05) is 6.07 Å². The number of likely N-dealkylation sites (N-methyl/N-ethyl adjacent to an activating group) is 1. The number of rotatable bonds is 4. The fourth-order valence-corrected chi connectivity index (χ4v) is 3.18. The Labute approximate surface area is 124 Å². The Morgan fingerprint density at radius 1 is 1.53 bits per heavy atom. The van der Waals surface area contributed by atoms with Crippen LogP contribution in [0, 0.1) is 11.3 Å². The van der Waals surface area contributed by atoms with E-state index in [0.29, 0.717) is 0 Å². The Morgan fingerprint density at radius 3 is 2.58 bits per heavy atom. The van der Waals surface area contributed by atoms with Crippen molar-refractivity contribution in [3.8, 4) is 6.07 Å². The number of halogens is 2. The number of hydrogen-bond acceptors (Lipinski definition) is 4. The van der Waals surface area contributed by atoms with Gasteiger partial charge in [0.25, 0.3) is 0 Å². The average Bonchev–Trinajstić information content (AvgIpc) is 2.36. The average molecular weight is 324 g/mol. The van der Waals surface area contributed by atoms with Crippen LogP contribution in [0.15, 0.2) is 23.1 Å². The van der Waals surface area contributed by atoms with Crippen LogP contribution < -0.4 is 5.73 Å². The summed E-state index contributed by atoms with van der Waals surface area (Å²) in [6, 6.07) is 5.79. The van der Waals surface area contributed by atoms with Crippen molar-refractivity contribution in [1.82, 2.24) is 4.31 Å². The Bertz CT molecular complexity index is 584. The number of nitrogens with two attached hydrogens (primary N) is 1. The second-order valence-corrected chi connectivity index (χ2v) is 6.20. The molecule has 0 saturated carbocycles. The van der Waals surface area contributed by atoms with Gasteiger partial charge in [-0.15, -0.1) is 12.4 Å². The molecule has 0 aliphatic rings. The van der Waals surface area contributed by atoms with Crippen LogP contribution in [0.2, 0.25) is 5.02 Å². The van der Waals surface area contributed by atoms with E-state index in [2.05, 4.69) is 0 Å². The molecule has 0 amide bonds. The Hall–Kier alpha value is -0.840. The van der Waals surface area contributed by atoms with Crippen LogP contribution in [0.3, 0.4) is 0 Å². The van der Waals surface area contributed by atoms with Crippen molar-refractivity contribution >= 4 is 34.0 Å². The van der Waals surface area contributed by atoms with Crippen LogP contribution in [-0.4, -0.2) is 32.4 Å². The maximum Gasteiger partial charge on any atom is 0.244 e. The molecule has 0 heterocycles. The van der Waals surface area contributed by atoms with Crippen molar-refractivity contribution < 1.29 is 8.42 Å². The minimum absolute atomic E-state index is 0. The first-order chi connectivity index (χ1) is 8.36. The largest absolute Gasteiger partial charge is 0.329 e. The van der Waals surface area contributed by atoms with Gasteiger partial charge in [-0.25, -0.2) is 8.42 Å². The van der Waals surface area contributed by atoms with E-state index in [1.54, 1.807) is 6.92 Å². The minimum atomic E-state index is -3.77. The molecule has 0 aliphatic heterocycles. The summed E-state index contributed by atoms with van der Waals surface area (Å²) in [5, 5.41) is 9.12. The zero-order valence-corrected chi connectivity index (χ0v) is 12.9. The van der Waals surface area contributed by atoms with Crippen molar-refractivity contribution in [2.45, 2.75) is 17.9 Å². The summed E-state index contributed by atoms with van der Waals surface area (Å²) in [7, 11) is -2.34. The highest BCUT2D eigenvalue weighted by Gasteiger charge is 2.28. The maximum atomic E-state index is 12.3. The molecule has 2 N–H and O–H groups in total. The van der Waals surface area contributed by atoms with Crippen molar-refractivity contribution in [2.24, 2.45) is 5.73 Å². The zero-order chi connectivity index (χ0) is 13.9. The summed E-state index contributed by atoms with van der Waals surface area (Å²) in [4.78, 5) is -0.0969. The second kappa shape index (κ2) is 7.08. The standard InChI is InChI=1S/C11H14ClN3O2S.ClH/c1-8(6-13)15(2)18(16,17)11-5-3-4-10(12)9(11)7-14;/h3-5,8H,6,13H2,1-2H3;1H. The molecule has 0 spiro atoms. The van der Waals surface area contributed by atoms with Crippen LogP contribution in [0.5, 0.6) is 0 Å². The first-order valence-corrected chi connectivity index (χ1v) is 7.04. The molecular formula is C11H15Cl2N3O2S. The van der Waals surface area contributed by atoms with Gasteiger partial charge in [0, 0.05) is 19.6 Å². The van der Waals surface area contributed by atoms with E-state index in [-0.39, 0.29) is 40.5 Å². The third-order valence-electron chi connectivity index (χ3n) is 2.71. The molecule has 8 heteroatoms. The van der Waals surface area contributed by atoms with Crippen molar-refractivity contribution in [3.05, 3.63) is 28.8 Å². The molecule has 19 heavy (non-hydrogen) atoms. The predicted molar refractivity (Wildman–Crippen MR) is 76.9 cm³/mol. The summed E-state index contributed by atoms with van der Waals surface area (Å²) in [6.07, 6.45) is 0. The van der Waals surface area contributed by atoms with Crippen LogP contribution in [0.25, 0.3) is 0 Å². The Balaban J connectivity index is 0.00000324. The predicted octanol–water partition coefficient (Wildman–Crippen LogP) is 1.60. The molecule has 106 valence electrons. The molecule has 1 aromatic carbocycles. The zero-order valence-electron chi connectivity index (χ0n) is 10.5.